The Balaban J connectivity index is 1.63. The molecule has 0 spiro atoms. The zero-order valence-electron chi connectivity index (χ0n) is 11.0. The Kier molecular flexibility index (Phi) is 3.80. The quantitative estimate of drug-likeness (QED) is 0.921. The lowest BCUT2D eigenvalue weighted by Crippen LogP contribution is -2.19. The minimum absolute atomic E-state index is 0.346. The largest absolute Gasteiger partial charge is 0.382 e. The van der Waals surface area contributed by atoms with Gasteiger partial charge in [-0.15, -0.1) is 11.3 Å². The van der Waals surface area contributed by atoms with Crippen LogP contribution in [0.15, 0.2) is 35.8 Å². The Morgan fingerprint density at radius 1 is 1.42 bits per heavy atom. The first-order valence-corrected chi connectivity index (χ1v) is 7.58. The van der Waals surface area contributed by atoms with E-state index in [0.717, 1.165) is 23.7 Å². The molecule has 1 aliphatic heterocycles. The second-order valence-corrected chi connectivity index (χ2v) is 5.84. The summed E-state index contributed by atoms with van der Waals surface area (Å²) in [6.07, 6.45) is 4.92. The molecule has 3 rings (SSSR count). The summed E-state index contributed by atoms with van der Waals surface area (Å²) in [6.45, 7) is 3.02. The molecule has 0 radical (unpaired) electrons. The third-order valence-corrected chi connectivity index (χ3v) is 4.22. The lowest BCUT2D eigenvalue weighted by molar-refractivity contribution is 0.0637. The van der Waals surface area contributed by atoms with Crippen LogP contribution < -0.4 is 5.32 Å². The molecule has 3 nitrogen and oxygen atoms in total. The van der Waals surface area contributed by atoms with E-state index in [0.29, 0.717) is 12.2 Å². The molecule has 0 saturated carbocycles. The van der Waals surface area contributed by atoms with Gasteiger partial charge in [-0.2, -0.15) is 0 Å². The van der Waals surface area contributed by atoms with Crippen molar-refractivity contribution in [3.8, 4) is 10.6 Å². The Hall–Kier alpha value is -1.39. The maximum absolute atomic E-state index is 5.81. The Labute approximate surface area is 117 Å². The summed E-state index contributed by atoms with van der Waals surface area (Å²) in [7, 11) is 0. The molecule has 1 N–H and O–H groups in total. The van der Waals surface area contributed by atoms with E-state index in [2.05, 4.69) is 41.5 Å². The van der Waals surface area contributed by atoms with Crippen molar-refractivity contribution < 1.29 is 4.74 Å². The highest BCUT2D eigenvalue weighted by Gasteiger charge is 2.21. The number of hydrogen-bond acceptors (Lipinski definition) is 4. The van der Waals surface area contributed by atoms with Gasteiger partial charge in [0.2, 0.25) is 0 Å². The van der Waals surface area contributed by atoms with Gasteiger partial charge in [0.05, 0.1) is 12.2 Å². The Bertz CT molecular complexity index is 527. The molecule has 1 aromatic heterocycles. The third kappa shape index (κ3) is 3.14. The molecular weight excluding hydrogens is 256 g/mol. The van der Waals surface area contributed by atoms with Gasteiger partial charge >= 0.3 is 0 Å². The zero-order valence-corrected chi connectivity index (χ0v) is 11.8. The van der Waals surface area contributed by atoms with Crippen LogP contribution in [0.2, 0.25) is 0 Å². The monoisotopic (exact) mass is 274 g/mol. The summed E-state index contributed by atoms with van der Waals surface area (Å²) in [6, 6.07) is 8.40. The summed E-state index contributed by atoms with van der Waals surface area (Å²) in [5, 5.41) is 6.53. The first-order valence-electron chi connectivity index (χ1n) is 6.70. The van der Waals surface area contributed by atoms with Crippen LogP contribution in [0, 0.1) is 0 Å². The maximum atomic E-state index is 5.81. The molecule has 1 aromatic carbocycles. The van der Waals surface area contributed by atoms with E-state index in [1.54, 1.807) is 11.3 Å². The van der Waals surface area contributed by atoms with Crippen molar-refractivity contribution >= 4 is 17.0 Å². The van der Waals surface area contributed by atoms with E-state index in [4.69, 9.17) is 4.74 Å². The fraction of sp³-hybridized carbons (Fsp3) is 0.400. The molecule has 1 fully saturated rings. The SMILES string of the molecule is CC1CCC(CNc2cccc(-c3nccs3)c2)O1. The van der Waals surface area contributed by atoms with Gasteiger partial charge in [-0.25, -0.2) is 4.98 Å². The summed E-state index contributed by atoms with van der Waals surface area (Å²) >= 11 is 1.66. The van der Waals surface area contributed by atoms with Crippen molar-refractivity contribution in [2.24, 2.45) is 0 Å². The van der Waals surface area contributed by atoms with Gasteiger partial charge < -0.3 is 10.1 Å². The van der Waals surface area contributed by atoms with E-state index in [1.165, 1.54) is 12.0 Å². The average molecular weight is 274 g/mol. The van der Waals surface area contributed by atoms with Crippen LogP contribution in [0.3, 0.4) is 0 Å². The van der Waals surface area contributed by atoms with Gasteiger partial charge in [-0.1, -0.05) is 12.1 Å². The fourth-order valence-corrected chi connectivity index (χ4v) is 3.03. The summed E-state index contributed by atoms with van der Waals surface area (Å²) in [5.41, 5.74) is 2.30. The molecule has 2 heterocycles. The van der Waals surface area contributed by atoms with E-state index in [1.807, 2.05) is 11.6 Å². The van der Waals surface area contributed by atoms with E-state index in [-0.39, 0.29) is 0 Å². The van der Waals surface area contributed by atoms with Gasteiger partial charge in [0.25, 0.3) is 0 Å². The van der Waals surface area contributed by atoms with Crippen molar-refractivity contribution in [1.82, 2.24) is 4.98 Å². The van der Waals surface area contributed by atoms with Crippen LogP contribution in [-0.2, 0) is 4.74 Å². The van der Waals surface area contributed by atoms with Crippen molar-refractivity contribution in [3.63, 3.8) is 0 Å². The van der Waals surface area contributed by atoms with Crippen LogP contribution in [0.25, 0.3) is 10.6 Å². The number of anilines is 1. The Morgan fingerprint density at radius 3 is 3.11 bits per heavy atom. The predicted molar refractivity (Wildman–Crippen MR) is 79.6 cm³/mol. The summed E-state index contributed by atoms with van der Waals surface area (Å²) in [5.74, 6) is 0. The molecule has 1 saturated heterocycles. The third-order valence-electron chi connectivity index (χ3n) is 3.40. The highest BCUT2D eigenvalue weighted by molar-refractivity contribution is 7.13. The highest BCUT2D eigenvalue weighted by atomic mass is 32.1. The standard InChI is InChI=1S/C15H18N2OS/c1-11-5-6-14(18-11)10-17-13-4-2-3-12(9-13)15-16-7-8-19-15/h2-4,7-9,11,14,17H,5-6,10H2,1H3. The van der Waals surface area contributed by atoms with E-state index >= 15 is 0 Å². The average Bonchev–Trinajstić information content (AvgIpc) is 3.08. The minimum atomic E-state index is 0.346. The number of nitrogens with one attached hydrogen (secondary N) is 1. The maximum Gasteiger partial charge on any atom is 0.123 e. The van der Waals surface area contributed by atoms with Crippen molar-refractivity contribution in [3.05, 3.63) is 35.8 Å². The second-order valence-electron chi connectivity index (χ2n) is 4.95. The Morgan fingerprint density at radius 2 is 2.37 bits per heavy atom. The normalized spacial score (nSPS) is 22.6. The molecule has 0 bridgehead atoms. The summed E-state index contributed by atoms with van der Waals surface area (Å²) < 4.78 is 5.81. The van der Waals surface area contributed by atoms with Crippen molar-refractivity contribution in [1.29, 1.82) is 0 Å². The first-order chi connectivity index (χ1) is 9.31. The van der Waals surface area contributed by atoms with Crippen LogP contribution >= 0.6 is 11.3 Å². The number of hydrogen-bond donors (Lipinski definition) is 1. The van der Waals surface area contributed by atoms with E-state index in [9.17, 15) is 0 Å². The van der Waals surface area contributed by atoms with Gasteiger partial charge in [0, 0.05) is 29.4 Å². The van der Waals surface area contributed by atoms with Crippen LogP contribution in [0.5, 0.6) is 0 Å². The minimum Gasteiger partial charge on any atom is -0.382 e. The molecule has 19 heavy (non-hydrogen) atoms. The number of rotatable bonds is 4. The van der Waals surface area contributed by atoms with Crippen LogP contribution in [-0.4, -0.2) is 23.7 Å². The lowest BCUT2D eigenvalue weighted by atomic mass is 10.2. The molecule has 0 aliphatic carbocycles. The topological polar surface area (TPSA) is 34.2 Å². The number of nitrogens with zero attached hydrogens (tertiary/aromatic N) is 1. The predicted octanol–water partition coefficient (Wildman–Crippen LogP) is 3.79. The van der Waals surface area contributed by atoms with Crippen molar-refractivity contribution in [2.45, 2.75) is 32.0 Å². The second kappa shape index (κ2) is 5.72. The lowest BCUT2D eigenvalue weighted by Gasteiger charge is -2.13. The first kappa shape index (κ1) is 12.6. The number of ether oxygens (including phenoxy) is 1. The number of thiazole rings is 1. The smallest absolute Gasteiger partial charge is 0.123 e. The van der Waals surface area contributed by atoms with E-state index < -0.39 is 0 Å². The van der Waals surface area contributed by atoms with Gasteiger partial charge in [-0.3, -0.25) is 0 Å². The zero-order chi connectivity index (χ0) is 13.1. The molecule has 2 unspecified atom stereocenters. The molecule has 1 aliphatic rings. The number of benzene rings is 1. The highest BCUT2D eigenvalue weighted by Crippen LogP contribution is 2.25. The molecule has 2 atom stereocenters. The van der Waals surface area contributed by atoms with Gasteiger partial charge in [0.1, 0.15) is 5.01 Å². The van der Waals surface area contributed by atoms with Crippen molar-refractivity contribution in [2.75, 3.05) is 11.9 Å². The molecule has 0 amide bonds. The van der Waals surface area contributed by atoms with Crippen LogP contribution in [0.1, 0.15) is 19.8 Å². The fourth-order valence-electron chi connectivity index (χ4n) is 2.40. The van der Waals surface area contributed by atoms with Gasteiger partial charge in [0.15, 0.2) is 0 Å². The molecular formula is C15H18N2OS. The van der Waals surface area contributed by atoms with Crippen LogP contribution in [0.4, 0.5) is 5.69 Å². The summed E-state index contributed by atoms with van der Waals surface area (Å²) in [4.78, 5) is 4.34. The molecule has 2 aromatic rings. The number of aromatic nitrogens is 1. The van der Waals surface area contributed by atoms with Gasteiger partial charge in [-0.05, 0) is 31.9 Å². The molecule has 100 valence electrons. The molecule has 4 heteroatoms.